The molecule has 0 saturated heterocycles. The molecule has 0 spiro atoms. The van der Waals surface area contributed by atoms with Crippen LogP contribution in [0.2, 0.25) is 0 Å². The first-order valence-corrected chi connectivity index (χ1v) is 6.81. The largest absolute Gasteiger partial charge is 0.385 e. The van der Waals surface area contributed by atoms with Crippen molar-refractivity contribution in [1.29, 1.82) is 5.26 Å². The maximum Gasteiger partial charge on any atom is 0.287 e. The molecular formula is C13H12N4O2S. The summed E-state index contributed by atoms with van der Waals surface area (Å²) in [7, 11) is 0. The number of aromatic nitrogens is 1. The van der Waals surface area contributed by atoms with Crippen LogP contribution in [0.4, 0.5) is 11.4 Å². The monoisotopic (exact) mass is 288 g/mol. The van der Waals surface area contributed by atoms with Crippen LogP contribution in [0.15, 0.2) is 23.6 Å². The normalized spacial score (nSPS) is 10.0. The Labute approximate surface area is 119 Å². The van der Waals surface area contributed by atoms with Crippen molar-refractivity contribution in [1.82, 2.24) is 4.98 Å². The van der Waals surface area contributed by atoms with E-state index in [-0.39, 0.29) is 11.3 Å². The third-order valence-electron chi connectivity index (χ3n) is 2.65. The Morgan fingerprint density at radius 1 is 1.55 bits per heavy atom. The van der Waals surface area contributed by atoms with Gasteiger partial charge in [-0.25, -0.2) is 4.98 Å². The van der Waals surface area contributed by atoms with Gasteiger partial charge in [-0.2, -0.15) is 5.26 Å². The van der Waals surface area contributed by atoms with E-state index in [1.807, 2.05) is 18.4 Å². The Morgan fingerprint density at radius 3 is 2.95 bits per heavy atom. The van der Waals surface area contributed by atoms with Crippen LogP contribution in [0.5, 0.6) is 0 Å². The zero-order valence-electron chi connectivity index (χ0n) is 10.8. The molecule has 0 bridgehead atoms. The molecule has 6 nitrogen and oxygen atoms in total. The zero-order chi connectivity index (χ0) is 14.5. The van der Waals surface area contributed by atoms with Crippen molar-refractivity contribution in [2.45, 2.75) is 13.3 Å². The van der Waals surface area contributed by atoms with E-state index in [4.69, 9.17) is 5.26 Å². The minimum atomic E-state index is -0.555. The number of thiazole rings is 1. The molecule has 0 aliphatic heterocycles. The highest BCUT2D eigenvalue weighted by Crippen LogP contribution is 2.21. The second-order valence-corrected chi connectivity index (χ2v) is 5.10. The average Bonchev–Trinajstić information content (AvgIpc) is 2.84. The Bertz CT molecular complexity index is 675. The number of aryl methyl sites for hydroxylation is 1. The predicted molar refractivity (Wildman–Crippen MR) is 76.9 cm³/mol. The van der Waals surface area contributed by atoms with Crippen LogP contribution >= 0.6 is 11.3 Å². The number of nitrogens with one attached hydrogen (secondary N) is 1. The molecule has 0 aliphatic carbocycles. The second-order valence-electron chi connectivity index (χ2n) is 4.16. The summed E-state index contributed by atoms with van der Waals surface area (Å²) in [6.07, 6.45) is 0.775. The minimum Gasteiger partial charge on any atom is -0.385 e. The molecule has 0 fully saturated rings. The average molecular weight is 288 g/mol. The molecule has 0 saturated carbocycles. The van der Waals surface area contributed by atoms with Gasteiger partial charge >= 0.3 is 0 Å². The third-order valence-corrected chi connectivity index (χ3v) is 3.67. The van der Waals surface area contributed by atoms with Gasteiger partial charge in [0.15, 0.2) is 0 Å². The SMILES string of the molecule is Cc1csc(CCNc2ccc([N+](=O)[O-])c(C#N)c2)n1. The maximum atomic E-state index is 10.7. The lowest BCUT2D eigenvalue weighted by Gasteiger charge is -2.05. The standard InChI is InChI=1S/C13H12N4O2S/c1-9-8-20-13(16-9)4-5-15-11-2-3-12(17(18)19)10(6-11)7-14/h2-3,6,8,15H,4-5H2,1H3. The van der Waals surface area contributed by atoms with E-state index >= 15 is 0 Å². The van der Waals surface area contributed by atoms with Gasteiger partial charge in [-0.15, -0.1) is 11.3 Å². The van der Waals surface area contributed by atoms with Crippen LogP contribution in [0, 0.1) is 28.4 Å². The van der Waals surface area contributed by atoms with Gasteiger partial charge in [-0.1, -0.05) is 0 Å². The summed E-state index contributed by atoms with van der Waals surface area (Å²) in [5, 5.41) is 25.8. The Morgan fingerprint density at radius 2 is 2.35 bits per heavy atom. The van der Waals surface area contributed by atoms with E-state index in [9.17, 15) is 10.1 Å². The number of benzene rings is 1. The first-order valence-electron chi connectivity index (χ1n) is 5.93. The molecule has 1 N–H and O–H groups in total. The van der Waals surface area contributed by atoms with E-state index in [0.29, 0.717) is 12.2 Å². The maximum absolute atomic E-state index is 10.7. The molecule has 0 radical (unpaired) electrons. The van der Waals surface area contributed by atoms with Gasteiger partial charge < -0.3 is 5.32 Å². The minimum absolute atomic E-state index is 0.0603. The number of nitro benzene ring substituents is 1. The number of anilines is 1. The smallest absolute Gasteiger partial charge is 0.287 e. The molecule has 0 unspecified atom stereocenters. The molecule has 0 aliphatic rings. The summed E-state index contributed by atoms with van der Waals surface area (Å²) in [4.78, 5) is 14.5. The Kier molecular flexibility index (Phi) is 4.27. The van der Waals surface area contributed by atoms with Gasteiger partial charge in [0.25, 0.3) is 5.69 Å². The fourth-order valence-corrected chi connectivity index (χ4v) is 2.50. The van der Waals surface area contributed by atoms with Gasteiger partial charge in [0, 0.05) is 35.8 Å². The third kappa shape index (κ3) is 3.30. The van der Waals surface area contributed by atoms with Gasteiger partial charge in [0.1, 0.15) is 11.6 Å². The van der Waals surface area contributed by atoms with Crippen molar-refractivity contribution >= 4 is 22.7 Å². The van der Waals surface area contributed by atoms with Gasteiger partial charge in [-0.05, 0) is 19.1 Å². The highest BCUT2D eigenvalue weighted by atomic mass is 32.1. The van der Waals surface area contributed by atoms with Gasteiger partial charge in [0.2, 0.25) is 0 Å². The van der Waals surface area contributed by atoms with Crippen molar-refractivity contribution in [3.63, 3.8) is 0 Å². The summed E-state index contributed by atoms with van der Waals surface area (Å²) in [5.41, 5.74) is 1.59. The first-order chi connectivity index (χ1) is 9.60. The molecule has 1 aromatic carbocycles. The number of nitrogens with zero attached hydrogens (tertiary/aromatic N) is 3. The molecule has 7 heteroatoms. The summed E-state index contributed by atoms with van der Waals surface area (Å²) < 4.78 is 0. The van der Waals surface area contributed by atoms with Crippen LogP contribution in [0.25, 0.3) is 0 Å². The molecule has 0 atom stereocenters. The van der Waals surface area contributed by atoms with E-state index in [2.05, 4.69) is 10.3 Å². The topological polar surface area (TPSA) is 91.9 Å². The second kappa shape index (κ2) is 6.12. The van der Waals surface area contributed by atoms with Crippen molar-refractivity contribution in [2.75, 3.05) is 11.9 Å². The van der Waals surface area contributed by atoms with Crippen molar-refractivity contribution in [2.24, 2.45) is 0 Å². The Balaban J connectivity index is 2.00. The van der Waals surface area contributed by atoms with Crippen LogP contribution in [-0.2, 0) is 6.42 Å². The number of nitro groups is 1. The Hall–Kier alpha value is -2.46. The van der Waals surface area contributed by atoms with E-state index in [1.165, 1.54) is 12.1 Å². The van der Waals surface area contributed by atoms with E-state index in [0.717, 1.165) is 17.1 Å². The zero-order valence-corrected chi connectivity index (χ0v) is 11.6. The highest BCUT2D eigenvalue weighted by Gasteiger charge is 2.13. The molecule has 2 rings (SSSR count). The molecular weight excluding hydrogens is 276 g/mol. The predicted octanol–water partition coefficient (Wildman–Crippen LogP) is 2.89. The fraction of sp³-hybridized carbons (Fsp3) is 0.231. The summed E-state index contributed by atoms with van der Waals surface area (Å²) >= 11 is 1.61. The lowest BCUT2D eigenvalue weighted by molar-refractivity contribution is -0.385. The molecule has 20 heavy (non-hydrogen) atoms. The van der Waals surface area contributed by atoms with Crippen LogP contribution in [-0.4, -0.2) is 16.5 Å². The van der Waals surface area contributed by atoms with Crippen LogP contribution < -0.4 is 5.32 Å². The molecule has 1 aromatic heterocycles. The first kappa shape index (κ1) is 14.0. The van der Waals surface area contributed by atoms with Crippen molar-refractivity contribution < 1.29 is 4.92 Å². The summed E-state index contributed by atoms with van der Waals surface area (Å²) in [6.45, 7) is 2.61. The number of rotatable bonds is 5. The molecule has 1 heterocycles. The summed E-state index contributed by atoms with van der Waals surface area (Å²) in [6, 6.07) is 6.27. The van der Waals surface area contributed by atoms with Gasteiger partial charge in [-0.3, -0.25) is 10.1 Å². The van der Waals surface area contributed by atoms with Crippen LogP contribution in [0.3, 0.4) is 0 Å². The van der Waals surface area contributed by atoms with Crippen LogP contribution in [0.1, 0.15) is 16.3 Å². The molecule has 2 aromatic rings. The quantitative estimate of drug-likeness (QED) is 0.674. The lowest BCUT2D eigenvalue weighted by Crippen LogP contribution is -2.05. The van der Waals surface area contributed by atoms with E-state index in [1.54, 1.807) is 17.4 Å². The van der Waals surface area contributed by atoms with Gasteiger partial charge in [0.05, 0.1) is 9.93 Å². The van der Waals surface area contributed by atoms with Crippen molar-refractivity contribution in [3.05, 3.63) is 50.0 Å². The number of hydrogen-bond acceptors (Lipinski definition) is 6. The lowest BCUT2D eigenvalue weighted by atomic mass is 10.1. The summed E-state index contributed by atoms with van der Waals surface area (Å²) in [5.74, 6) is 0. The molecule has 102 valence electrons. The van der Waals surface area contributed by atoms with E-state index < -0.39 is 4.92 Å². The highest BCUT2D eigenvalue weighted by molar-refractivity contribution is 7.09. The number of hydrogen-bond donors (Lipinski definition) is 1. The fourth-order valence-electron chi connectivity index (χ4n) is 1.73. The molecule has 0 amide bonds. The number of nitriles is 1. The van der Waals surface area contributed by atoms with Crippen molar-refractivity contribution in [3.8, 4) is 6.07 Å².